The SMILES string of the molecule is CN1CCC(CC2CNC2)CC1. The highest BCUT2D eigenvalue weighted by Gasteiger charge is 2.23. The molecule has 2 nitrogen and oxygen atoms in total. The minimum atomic E-state index is 1.01. The second-order valence-electron chi connectivity index (χ2n) is 4.51. The predicted molar refractivity (Wildman–Crippen MR) is 51.2 cm³/mol. The lowest BCUT2D eigenvalue weighted by Gasteiger charge is -2.34. The fraction of sp³-hybridized carbons (Fsp3) is 1.00. The van der Waals surface area contributed by atoms with Crippen LogP contribution < -0.4 is 5.32 Å². The first kappa shape index (κ1) is 8.52. The molecule has 2 heterocycles. The Morgan fingerprint density at radius 3 is 2.33 bits per heavy atom. The molecule has 0 aromatic heterocycles. The summed E-state index contributed by atoms with van der Waals surface area (Å²) in [6, 6.07) is 0. The first-order valence-electron chi connectivity index (χ1n) is 5.24. The number of piperidine rings is 1. The summed E-state index contributed by atoms with van der Waals surface area (Å²) in [4.78, 5) is 2.45. The van der Waals surface area contributed by atoms with Gasteiger partial charge in [-0.25, -0.2) is 0 Å². The Morgan fingerprint density at radius 2 is 1.83 bits per heavy atom. The number of nitrogens with one attached hydrogen (secondary N) is 1. The van der Waals surface area contributed by atoms with Gasteiger partial charge < -0.3 is 10.2 Å². The Balaban J connectivity index is 1.67. The van der Waals surface area contributed by atoms with Crippen molar-refractivity contribution in [1.29, 1.82) is 0 Å². The Kier molecular flexibility index (Phi) is 2.66. The summed E-state index contributed by atoms with van der Waals surface area (Å²) in [7, 11) is 2.24. The molecule has 0 radical (unpaired) electrons. The highest BCUT2D eigenvalue weighted by Crippen LogP contribution is 2.25. The van der Waals surface area contributed by atoms with Crippen LogP contribution in [0.2, 0.25) is 0 Å². The monoisotopic (exact) mass is 168 g/mol. The van der Waals surface area contributed by atoms with Gasteiger partial charge in [-0.1, -0.05) is 0 Å². The fourth-order valence-electron chi connectivity index (χ4n) is 2.28. The second kappa shape index (κ2) is 3.75. The molecule has 2 aliphatic heterocycles. The van der Waals surface area contributed by atoms with Crippen molar-refractivity contribution in [3.05, 3.63) is 0 Å². The Morgan fingerprint density at radius 1 is 1.17 bits per heavy atom. The number of rotatable bonds is 2. The molecular formula is C10H20N2. The summed E-state index contributed by atoms with van der Waals surface area (Å²) in [5.74, 6) is 2.05. The van der Waals surface area contributed by atoms with E-state index in [1.165, 1.54) is 45.4 Å². The van der Waals surface area contributed by atoms with E-state index in [0.29, 0.717) is 0 Å². The van der Waals surface area contributed by atoms with Crippen LogP contribution in [-0.4, -0.2) is 38.1 Å². The Bertz CT molecular complexity index is 135. The third-order valence-corrected chi connectivity index (χ3v) is 3.37. The van der Waals surface area contributed by atoms with Crippen LogP contribution in [0, 0.1) is 11.8 Å². The van der Waals surface area contributed by atoms with Gasteiger partial charge in [0.05, 0.1) is 0 Å². The van der Waals surface area contributed by atoms with Gasteiger partial charge in [0.1, 0.15) is 0 Å². The molecule has 0 bridgehead atoms. The van der Waals surface area contributed by atoms with Gasteiger partial charge in [-0.2, -0.15) is 0 Å². The van der Waals surface area contributed by atoms with E-state index < -0.39 is 0 Å². The maximum atomic E-state index is 3.35. The van der Waals surface area contributed by atoms with Crippen molar-refractivity contribution in [2.24, 2.45) is 11.8 Å². The molecule has 0 aromatic rings. The van der Waals surface area contributed by atoms with Crippen LogP contribution in [0.5, 0.6) is 0 Å². The molecule has 0 amide bonds. The smallest absolute Gasteiger partial charge is 0.000815 e. The molecule has 0 saturated carbocycles. The van der Waals surface area contributed by atoms with E-state index in [0.717, 1.165) is 11.8 Å². The normalized spacial score (nSPS) is 28.8. The van der Waals surface area contributed by atoms with Crippen molar-refractivity contribution in [1.82, 2.24) is 10.2 Å². The van der Waals surface area contributed by atoms with Gasteiger partial charge in [0.15, 0.2) is 0 Å². The highest BCUT2D eigenvalue weighted by atomic mass is 15.1. The van der Waals surface area contributed by atoms with Crippen molar-refractivity contribution >= 4 is 0 Å². The van der Waals surface area contributed by atoms with Gasteiger partial charge in [-0.05, 0) is 64.3 Å². The molecule has 2 heteroatoms. The second-order valence-corrected chi connectivity index (χ2v) is 4.51. The summed E-state index contributed by atoms with van der Waals surface area (Å²) in [5, 5.41) is 3.35. The summed E-state index contributed by atoms with van der Waals surface area (Å²) >= 11 is 0. The molecule has 1 N–H and O–H groups in total. The van der Waals surface area contributed by atoms with Gasteiger partial charge in [0.2, 0.25) is 0 Å². The van der Waals surface area contributed by atoms with Crippen molar-refractivity contribution in [2.45, 2.75) is 19.3 Å². The summed E-state index contributed by atoms with van der Waals surface area (Å²) in [6.07, 6.45) is 4.36. The summed E-state index contributed by atoms with van der Waals surface area (Å²) in [5.41, 5.74) is 0. The van der Waals surface area contributed by atoms with Crippen LogP contribution in [0.25, 0.3) is 0 Å². The largest absolute Gasteiger partial charge is 0.316 e. The van der Waals surface area contributed by atoms with Gasteiger partial charge >= 0.3 is 0 Å². The van der Waals surface area contributed by atoms with Gasteiger partial charge in [0, 0.05) is 0 Å². The molecule has 0 spiro atoms. The maximum Gasteiger partial charge on any atom is -0.000815 e. The first-order valence-corrected chi connectivity index (χ1v) is 5.24. The molecule has 12 heavy (non-hydrogen) atoms. The summed E-state index contributed by atoms with van der Waals surface area (Å²) < 4.78 is 0. The maximum absolute atomic E-state index is 3.35. The van der Waals surface area contributed by atoms with Crippen LogP contribution in [-0.2, 0) is 0 Å². The van der Waals surface area contributed by atoms with Gasteiger partial charge in [0.25, 0.3) is 0 Å². The number of hydrogen-bond acceptors (Lipinski definition) is 2. The van der Waals surface area contributed by atoms with Crippen molar-refractivity contribution < 1.29 is 0 Å². The van der Waals surface area contributed by atoms with E-state index in [1.54, 1.807) is 0 Å². The van der Waals surface area contributed by atoms with Crippen molar-refractivity contribution in [2.75, 3.05) is 33.2 Å². The molecule has 0 aliphatic carbocycles. The minimum absolute atomic E-state index is 1.01. The van der Waals surface area contributed by atoms with Gasteiger partial charge in [-0.15, -0.1) is 0 Å². The average molecular weight is 168 g/mol. The van der Waals surface area contributed by atoms with Crippen molar-refractivity contribution in [3.8, 4) is 0 Å². The standard InChI is InChI=1S/C10H20N2/c1-12-4-2-9(3-5-12)6-10-7-11-8-10/h9-11H,2-8H2,1H3. The summed E-state index contributed by atoms with van der Waals surface area (Å²) in [6.45, 7) is 5.22. The topological polar surface area (TPSA) is 15.3 Å². The molecule has 2 fully saturated rings. The molecule has 0 unspecified atom stereocenters. The molecule has 2 aliphatic rings. The van der Waals surface area contributed by atoms with Crippen LogP contribution in [0.3, 0.4) is 0 Å². The van der Waals surface area contributed by atoms with E-state index in [9.17, 15) is 0 Å². The molecule has 2 saturated heterocycles. The highest BCUT2D eigenvalue weighted by molar-refractivity contribution is 4.80. The van der Waals surface area contributed by atoms with Crippen molar-refractivity contribution in [3.63, 3.8) is 0 Å². The molecule has 70 valence electrons. The lowest BCUT2D eigenvalue weighted by Crippen LogP contribution is -2.43. The molecule has 0 aromatic carbocycles. The molecule has 2 rings (SSSR count). The third kappa shape index (κ3) is 1.99. The van der Waals surface area contributed by atoms with Crippen LogP contribution in [0.15, 0.2) is 0 Å². The zero-order valence-electron chi connectivity index (χ0n) is 8.05. The Labute approximate surface area is 75.3 Å². The minimum Gasteiger partial charge on any atom is -0.316 e. The van der Waals surface area contributed by atoms with Crippen LogP contribution in [0.1, 0.15) is 19.3 Å². The quantitative estimate of drug-likeness (QED) is 0.660. The van der Waals surface area contributed by atoms with Crippen LogP contribution in [0.4, 0.5) is 0 Å². The zero-order valence-corrected chi connectivity index (χ0v) is 8.05. The van der Waals surface area contributed by atoms with E-state index in [4.69, 9.17) is 0 Å². The molecule has 0 atom stereocenters. The third-order valence-electron chi connectivity index (χ3n) is 3.37. The lowest BCUT2D eigenvalue weighted by atomic mass is 9.85. The number of nitrogens with zero attached hydrogens (tertiary/aromatic N) is 1. The lowest BCUT2D eigenvalue weighted by molar-refractivity contribution is 0.177. The van der Waals surface area contributed by atoms with E-state index in [-0.39, 0.29) is 0 Å². The van der Waals surface area contributed by atoms with E-state index in [1.807, 2.05) is 0 Å². The Hall–Kier alpha value is -0.0800. The van der Waals surface area contributed by atoms with Crippen LogP contribution >= 0.6 is 0 Å². The number of hydrogen-bond donors (Lipinski definition) is 1. The zero-order chi connectivity index (χ0) is 8.39. The predicted octanol–water partition coefficient (Wildman–Crippen LogP) is 0.938. The average Bonchev–Trinajstić information content (AvgIpc) is 2.00. The number of likely N-dealkylation sites (tertiary alicyclic amines) is 1. The van der Waals surface area contributed by atoms with E-state index >= 15 is 0 Å². The van der Waals surface area contributed by atoms with E-state index in [2.05, 4.69) is 17.3 Å². The van der Waals surface area contributed by atoms with Gasteiger partial charge in [-0.3, -0.25) is 0 Å². The fourth-order valence-corrected chi connectivity index (χ4v) is 2.28. The first-order chi connectivity index (χ1) is 5.84. The molecular weight excluding hydrogens is 148 g/mol.